The van der Waals surface area contributed by atoms with Crippen molar-refractivity contribution in [2.45, 2.75) is 57.0 Å². The van der Waals surface area contributed by atoms with Crippen LogP contribution >= 0.6 is 0 Å². The summed E-state index contributed by atoms with van der Waals surface area (Å²) in [5, 5.41) is 3.72. The lowest BCUT2D eigenvalue weighted by atomic mass is 9.81. The fraction of sp³-hybridized carbons (Fsp3) is 0.529. The molecule has 0 saturated heterocycles. The van der Waals surface area contributed by atoms with Gasteiger partial charge in [0, 0.05) is 12.1 Å². The Bertz CT molecular complexity index is 349. The predicted molar refractivity (Wildman–Crippen MR) is 78.9 cm³/mol. The molecule has 1 aliphatic rings. The Morgan fingerprint density at radius 2 is 1.89 bits per heavy atom. The lowest BCUT2D eigenvalue weighted by molar-refractivity contribution is 0.320. The lowest BCUT2D eigenvalue weighted by Crippen LogP contribution is -2.38. The van der Waals surface area contributed by atoms with Gasteiger partial charge in [-0.2, -0.15) is 0 Å². The molecular formula is C17H25N. The first-order valence-electron chi connectivity index (χ1n) is 7.21. The van der Waals surface area contributed by atoms with E-state index in [4.69, 9.17) is 0 Å². The third-order valence-electron chi connectivity index (χ3n) is 4.04. The molecule has 0 amide bonds. The summed E-state index contributed by atoms with van der Waals surface area (Å²) in [4.78, 5) is 0. The molecule has 1 nitrogen and oxygen atoms in total. The molecule has 1 aromatic rings. The zero-order valence-electron chi connectivity index (χ0n) is 11.4. The first-order chi connectivity index (χ1) is 8.79. The van der Waals surface area contributed by atoms with Crippen molar-refractivity contribution >= 4 is 0 Å². The topological polar surface area (TPSA) is 12.0 Å². The highest BCUT2D eigenvalue weighted by Gasteiger charge is 2.22. The van der Waals surface area contributed by atoms with Crippen LogP contribution in [-0.2, 0) is 0 Å². The standard InChI is InChI=1S/C17H25N/c1-3-7-14(2)18-17-12-10-16(11-13-17)15-8-5-4-6-9-15/h3-6,8-9,14,16-18H,1,7,10-13H2,2H3. The molecule has 1 fully saturated rings. The van der Waals surface area contributed by atoms with Crippen LogP contribution < -0.4 is 5.32 Å². The molecule has 1 unspecified atom stereocenters. The van der Waals surface area contributed by atoms with Crippen molar-refractivity contribution in [1.29, 1.82) is 0 Å². The number of rotatable bonds is 5. The Hall–Kier alpha value is -1.08. The molecular weight excluding hydrogens is 218 g/mol. The summed E-state index contributed by atoms with van der Waals surface area (Å²) in [7, 11) is 0. The summed E-state index contributed by atoms with van der Waals surface area (Å²) in [6.45, 7) is 6.06. The third kappa shape index (κ3) is 3.71. The van der Waals surface area contributed by atoms with E-state index < -0.39 is 0 Å². The van der Waals surface area contributed by atoms with Gasteiger partial charge in [-0.05, 0) is 50.5 Å². The quantitative estimate of drug-likeness (QED) is 0.762. The van der Waals surface area contributed by atoms with Crippen LogP contribution in [0.3, 0.4) is 0 Å². The molecule has 98 valence electrons. The molecule has 2 rings (SSSR count). The highest BCUT2D eigenvalue weighted by atomic mass is 14.9. The van der Waals surface area contributed by atoms with Gasteiger partial charge in [-0.25, -0.2) is 0 Å². The lowest BCUT2D eigenvalue weighted by Gasteiger charge is -2.31. The fourth-order valence-electron chi connectivity index (χ4n) is 3.04. The van der Waals surface area contributed by atoms with E-state index in [9.17, 15) is 0 Å². The minimum atomic E-state index is 0.570. The van der Waals surface area contributed by atoms with Gasteiger partial charge in [0.25, 0.3) is 0 Å². The summed E-state index contributed by atoms with van der Waals surface area (Å²) < 4.78 is 0. The molecule has 0 aromatic heterocycles. The van der Waals surface area contributed by atoms with Crippen molar-refractivity contribution in [3.05, 3.63) is 48.6 Å². The van der Waals surface area contributed by atoms with Crippen LogP contribution in [0.1, 0.15) is 50.5 Å². The Balaban J connectivity index is 1.79. The van der Waals surface area contributed by atoms with Gasteiger partial charge in [0.2, 0.25) is 0 Å². The largest absolute Gasteiger partial charge is 0.311 e. The normalized spacial score (nSPS) is 25.6. The third-order valence-corrected chi connectivity index (χ3v) is 4.04. The number of hydrogen-bond donors (Lipinski definition) is 1. The van der Waals surface area contributed by atoms with Crippen LogP contribution in [0.4, 0.5) is 0 Å². The maximum Gasteiger partial charge on any atom is 0.00757 e. The average Bonchev–Trinajstić information content (AvgIpc) is 2.41. The van der Waals surface area contributed by atoms with E-state index in [1.54, 1.807) is 0 Å². The van der Waals surface area contributed by atoms with Gasteiger partial charge < -0.3 is 5.32 Å². The first kappa shape index (κ1) is 13.4. The van der Waals surface area contributed by atoms with Crippen LogP contribution in [0, 0.1) is 0 Å². The molecule has 0 heterocycles. The number of nitrogens with one attached hydrogen (secondary N) is 1. The molecule has 0 aliphatic heterocycles. The van der Waals surface area contributed by atoms with Crippen molar-refractivity contribution in [2.24, 2.45) is 0 Å². The van der Waals surface area contributed by atoms with Gasteiger partial charge in [0.15, 0.2) is 0 Å². The van der Waals surface area contributed by atoms with E-state index in [1.165, 1.54) is 31.2 Å². The van der Waals surface area contributed by atoms with E-state index >= 15 is 0 Å². The Kier molecular flexibility index (Phi) is 5.00. The van der Waals surface area contributed by atoms with Gasteiger partial charge in [0.05, 0.1) is 0 Å². The summed E-state index contributed by atoms with van der Waals surface area (Å²) in [5.41, 5.74) is 1.52. The zero-order valence-corrected chi connectivity index (χ0v) is 11.4. The monoisotopic (exact) mass is 243 g/mol. The van der Waals surface area contributed by atoms with Crippen LogP contribution in [0.2, 0.25) is 0 Å². The fourth-order valence-corrected chi connectivity index (χ4v) is 3.04. The molecule has 18 heavy (non-hydrogen) atoms. The summed E-state index contributed by atoms with van der Waals surface area (Å²) in [5.74, 6) is 0.777. The molecule has 0 bridgehead atoms. The molecule has 1 heteroatoms. The maximum atomic E-state index is 3.81. The minimum absolute atomic E-state index is 0.570. The molecule has 1 aliphatic carbocycles. The van der Waals surface area contributed by atoms with Gasteiger partial charge >= 0.3 is 0 Å². The van der Waals surface area contributed by atoms with E-state index in [-0.39, 0.29) is 0 Å². The van der Waals surface area contributed by atoms with E-state index in [1.807, 2.05) is 6.08 Å². The van der Waals surface area contributed by atoms with Crippen molar-refractivity contribution in [3.63, 3.8) is 0 Å². The average molecular weight is 243 g/mol. The number of benzene rings is 1. The summed E-state index contributed by atoms with van der Waals surface area (Å²) in [6.07, 6.45) is 8.33. The van der Waals surface area contributed by atoms with Crippen molar-refractivity contribution in [1.82, 2.24) is 5.32 Å². The van der Waals surface area contributed by atoms with Gasteiger partial charge in [-0.1, -0.05) is 36.4 Å². The minimum Gasteiger partial charge on any atom is -0.311 e. The van der Waals surface area contributed by atoms with Gasteiger partial charge in [0.1, 0.15) is 0 Å². The maximum absolute atomic E-state index is 3.81. The van der Waals surface area contributed by atoms with Gasteiger partial charge in [-0.15, -0.1) is 6.58 Å². The smallest absolute Gasteiger partial charge is 0.00757 e. The molecule has 0 radical (unpaired) electrons. The second kappa shape index (κ2) is 6.75. The van der Waals surface area contributed by atoms with Gasteiger partial charge in [-0.3, -0.25) is 0 Å². The van der Waals surface area contributed by atoms with Crippen LogP contribution in [0.15, 0.2) is 43.0 Å². The Labute approximate surface area is 111 Å². The Morgan fingerprint density at radius 3 is 2.50 bits per heavy atom. The highest BCUT2D eigenvalue weighted by Crippen LogP contribution is 2.32. The van der Waals surface area contributed by atoms with Crippen LogP contribution in [-0.4, -0.2) is 12.1 Å². The molecule has 0 spiro atoms. The van der Waals surface area contributed by atoms with E-state index in [0.717, 1.165) is 12.3 Å². The van der Waals surface area contributed by atoms with Crippen molar-refractivity contribution in [3.8, 4) is 0 Å². The van der Waals surface area contributed by atoms with E-state index in [2.05, 4.69) is 49.2 Å². The van der Waals surface area contributed by atoms with Crippen molar-refractivity contribution < 1.29 is 0 Å². The first-order valence-corrected chi connectivity index (χ1v) is 7.21. The predicted octanol–water partition coefficient (Wildman–Crippen LogP) is 4.27. The molecule has 1 aromatic carbocycles. The van der Waals surface area contributed by atoms with Crippen LogP contribution in [0.25, 0.3) is 0 Å². The SMILES string of the molecule is C=CCC(C)NC1CCC(c2ccccc2)CC1. The summed E-state index contributed by atoms with van der Waals surface area (Å²) >= 11 is 0. The summed E-state index contributed by atoms with van der Waals surface area (Å²) in [6, 6.07) is 12.3. The highest BCUT2D eigenvalue weighted by molar-refractivity contribution is 5.20. The number of hydrogen-bond acceptors (Lipinski definition) is 1. The van der Waals surface area contributed by atoms with Crippen LogP contribution in [0.5, 0.6) is 0 Å². The zero-order chi connectivity index (χ0) is 12.8. The second-order valence-electron chi connectivity index (χ2n) is 5.55. The van der Waals surface area contributed by atoms with Crippen molar-refractivity contribution in [2.75, 3.05) is 0 Å². The molecule has 1 saturated carbocycles. The molecule has 1 N–H and O–H groups in total. The van der Waals surface area contributed by atoms with E-state index in [0.29, 0.717) is 12.1 Å². The Morgan fingerprint density at radius 1 is 1.22 bits per heavy atom. The molecule has 1 atom stereocenters. The second-order valence-corrected chi connectivity index (χ2v) is 5.55.